The maximum Gasteiger partial charge on any atom is 0.266 e. The molecule has 2 N–H and O–H groups in total. The smallest absolute Gasteiger partial charge is 0.266 e. The summed E-state index contributed by atoms with van der Waals surface area (Å²) < 4.78 is 26.9. The number of para-hydroxylation sites is 1. The van der Waals surface area contributed by atoms with E-state index in [9.17, 15) is 22.8 Å². The number of carbonyl (C=O) groups is 3. The molecule has 0 bridgehead atoms. The Kier molecular flexibility index (Phi) is 6.36. The number of fused-ring (bicyclic) bond motifs is 1. The Morgan fingerprint density at radius 2 is 1.58 bits per heavy atom. The van der Waals surface area contributed by atoms with Crippen molar-refractivity contribution in [2.24, 2.45) is 5.92 Å². The normalized spacial score (nSPS) is 20.8. The first-order valence-corrected chi connectivity index (χ1v) is 12.6. The third-order valence-corrected chi connectivity index (χ3v) is 8.12. The SMILES string of the molecule is CC(C)S(=O)(=O)N[C@H]1CC[C@H](C(=O)Nc2ccc3c(c2)C(=O)N(c2ccccc2)C3=O)CC1. The van der Waals surface area contributed by atoms with Crippen molar-refractivity contribution in [3.05, 3.63) is 59.7 Å². The molecule has 0 unspecified atom stereocenters. The van der Waals surface area contributed by atoms with E-state index < -0.39 is 21.2 Å². The summed E-state index contributed by atoms with van der Waals surface area (Å²) in [6.07, 6.45) is 2.32. The monoisotopic (exact) mass is 469 g/mol. The molecule has 33 heavy (non-hydrogen) atoms. The molecule has 2 aromatic carbocycles. The van der Waals surface area contributed by atoms with Gasteiger partial charge >= 0.3 is 0 Å². The molecule has 9 heteroatoms. The summed E-state index contributed by atoms with van der Waals surface area (Å²) >= 11 is 0. The van der Waals surface area contributed by atoms with Gasteiger partial charge in [0.05, 0.1) is 22.1 Å². The van der Waals surface area contributed by atoms with E-state index in [1.165, 1.54) is 0 Å². The standard InChI is InChI=1S/C24H27N3O5S/c1-15(2)33(31,32)26-17-10-8-16(9-11-17)22(28)25-18-12-13-20-21(14-18)24(30)27(23(20)29)19-6-4-3-5-7-19/h3-7,12-17,26H,8-11H2,1-2H3,(H,25,28)/t16-,17-. The molecule has 3 amide bonds. The molecular formula is C24H27N3O5S. The number of rotatable bonds is 6. The second-order valence-electron chi connectivity index (χ2n) is 8.79. The molecule has 2 aromatic rings. The number of carbonyl (C=O) groups excluding carboxylic acids is 3. The minimum absolute atomic E-state index is 0.158. The van der Waals surface area contributed by atoms with Crippen LogP contribution in [0.2, 0.25) is 0 Å². The fraction of sp³-hybridized carbons (Fsp3) is 0.375. The molecule has 1 saturated carbocycles. The van der Waals surface area contributed by atoms with Crippen molar-refractivity contribution in [1.82, 2.24) is 4.72 Å². The van der Waals surface area contributed by atoms with Crippen LogP contribution in [0.5, 0.6) is 0 Å². The lowest BCUT2D eigenvalue weighted by atomic mass is 9.86. The number of benzene rings is 2. The van der Waals surface area contributed by atoms with Crippen molar-refractivity contribution in [2.45, 2.75) is 50.8 Å². The highest BCUT2D eigenvalue weighted by molar-refractivity contribution is 7.90. The van der Waals surface area contributed by atoms with E-state index in [1.54, 1.807) is 56.3 Å². The number of sulfonamides is 1. The molecule has 0 atom stereocenters. The molecule has 4 rings (SSSR count). The Morgan fingerprint density at radius 1 is 0.939 bits per heavy atom. The van der Waals surface area contributed by atoms with Gasteiger partial charge in [0.25, 0.3) is 11.8 Å². The maximum absolute atomic E-state index is 12.9. The molecule has 1 aliphatic heterocycles. The van der Waals surface area contributed by atoms with Gasteiger partial charge < -0.3 is 5.32 Å². The summed E-state index contributed by atoms with van der Waals surface area (Å²) in [5, 5.41) is 2.36. The van der Waals surface area contributed by atoms with Crippen LogP contribution in [0.3, 0.4) is 0 Å². The van der Waals surface area contributed by atoms with Gasteiger partial charge in [-0.05, 0) is 69.9 Å². The van der Waals surface area contributed by atoms with Crippen molar-refractivity contribution in [3.63, 3.8) is 0 Å². The average Bonchev–Trinajstić information content (AvgIpc) is 3.04. The van der Waals surface area contributed by atoms with E-state index in [0.717, 1.165) is 4.90 Å². The van der Waals surface area contributed by atoms with E-state index in [-0.39, 0.29) is 29.3 Å². The quantitative estimate of drug-likeness (QED) is 0.631. The zero-order valence-electron chi connectivity index (χ0n) is 18.6. The van der Waals surface area contributed by atoms with Crippen molar-refractivity contribution in [3.8, 4) is 0 Å². The summed E-state index contributed by atoms with van der Waals surface area (Å²) in [7, 11) is -3.34. The topological polar surface area (TPSA) is 113 Å². The molecule has 174 valence electrons. The number of anilines is 2. The van der Waals surface area contributed by atoms with Crippen LogP contribution in [0.4, 0.5) is 11.4 Å². The largest absolute Gasteiger partial charge is 0.326 e. The first-order valence-electron chi connectivity index (χ1n) is 11.1. The highest BCUT2D eigenvalue weighted by Crippen LogP contribution is 2.31. The molecule has 2 aliphatic rings. The van der Waals surface area contributed by atoms with Gasteiger partial charge in [-0.15, -0.1) is 0 Å². The predicted molar refractivity (Wildman–Crippen MR) is 126 cm³/mol. The van der Waals surface area contributed by atoms with E-state index >= 15 is 0 Å². The van der Waals surface area contributed by atoms with Crippen LogP contribution in [0.15, 0.2) is 48.5 Å². The molecule has 1 fully saturated rings. The number of nitrogens with one attached hydrogen (secondary N) is 2. The van der Waals surface area contributed by atoms with Gasteiger partial charge in [-0.2, -0.15) is 0 Å². The molecular weight excluding hydrogens is 442 g/mol. The van der Waals surface area contributed by atoms with E-state index in [2.05, 4.69) is 10.0 Å². The van der Waals surface area contributed by atoms with Gasteiger partial charge in [0, 0.05) is 17.6 Å². The average molecular weight is 470 g/mol. The number of imide groups is 1. The second kappa shape index (κ2) is 9.07. The highest BCUT2D eigenvalue weighted by Gasteiger charge is 2.37. The minimum Gasteiger partial charge on any atom is -0.326 e. The van der Waals surface area contributed by atoms with Gasteiger partial charge in [0.1, 0.15) is 0 Å². The third kappa shape index (κ3) is 4.69. The fourth-order valence-corrected chi connectivity index (χ4v) is 5.19. The maximum atomic E-state index is 12.9. The van der Waals surface area contributed by atoms with Crippen molar-refractivity contribution >= 4 is 39.1 Å². The lowest BCUT2D eigenvalue weighted by Crippen LogP contribution is -2.42. The van der Waals surface area contributed by atoms with Crippen LogP contribution in [0.1, 0.15) is 60.2 Å². The van der Waals surface area contributed by atoms with Crippen molar-refractivity contribution in [1.29, 1.82) is 0 Å². The van der Waals surface area contributed by atoms with Crippen LogP contribution in [-0.2, 0) is 14.8 Å². The van der Waals surface area contributed by atoms with E-state index in [1.807, 2.05) is 6.07 Å². The predicted octanol–water partition coefficient (Wildman–Crippen LogP) is 3.31. The second-order valence-corrected chi connectivity index (χ2v) is 11.1. The first-order chi connectivity index (χ1) is 15.7. The molecule has 1 heterocycles. The number of hydrogen-bond acceptors (Lipinski definition) is 5. The number of amides is 3. The molecule has 8 nitrogen and oxygen atoms in total. The lowest BCUT2D eigenvalue weighted by molar-refractivity contribution is -0.120. The Labute approximate surface area is 193 Å². The minimum atomic E-state index is -3.34. The van der Waals surface area contributed by atoms with Gasteiger partial charge in [-0.1, -0.05) is 18.2 Å². The molecule has 0 aromatic heterocycles. The summed E-state index contributed by atoms with van der Waals surface area (Å²) in [4.78, 5) is 39.5. The van der Waals surface area contributed by atoms with Crippen LogP contribution in [0.25, 0.3) is 0 Å². The van der Waals surface area contributed by atoms with Gasteiger partial charge in [0.15, 0.2) is 0 Å². The summed E-state index contributed by atoms with van der Waals surface area (Å²) in [6.45, 7) is 3.27. The lowest BCUT2D eigenvalue weighted by Gasteiger charge is -2.28. The van der Waals surface area contributed by atoms with Crippen molar-refractivity contribution < 1.29 is 22.8 Å². The first kappa shape index (κ1) is 23.1. The molecule has 0 spiro atoms. The Balaban J connectivity index is 1.40. The Bertz CT molecular complexity index is 1190. The molecule has 1 aliphatic carbocycles. The summed E-state index contributed by atoms with van der Waals surface area (Å²) in [6, 6.07) is 13.3. The molecule has 0 radical (unpaired) electrons. The fourth-order valence-electron chi connectivity index (χ4n) is 4.22. The zero-order chi connectivity index (χ0) is 23.8. The third-order valence-electron chi connectivity index (χ3n) is 6.22. The Morgan fingerprint density at radius 3 is 2.21 bits per heavy atom. The zero-order valence-corrected chi connectivity index (χ0v) is 19.4. The summed E-state index contributed by atoms with van der Waals surface area (Å²) in [5.74, 6) is -1.22. The summed E-state index contributed by atoms with van der Waals surface area (Å²) in [5.41, 5.74) is 1.52. The van der Waals surface area contributed by atoms with E-state index in [0.29, 0.717) is 42.6 Å². The van der Waals surface area contributed by atoms with Crippen LogP contribution in [0, 0.1) is 5.92 Å². The van der Waals surface area contributed by atoms with E-state index in [4.69, 9.17) is 0 Å². The molecule has 0 saturated heterocycles. The highest BCUT2D eigenvalue weighted by atomic mass is 32.2. The van der Waals surface area contributed by atoms with Crippen LogP contribution >= 0.6 is 0 Å². The Hall–Kier alpha value is -3.04. The van der Waals surface area contributed by atoms with Crippen molar-refractivity contribution in [2.75, 3.05) is 10.2 Å². The number of hydrogen-bond donors (Lipinski definition) is 2. The van der Waals surface area contributed by atoms with Gasteiger partial charge in [-0.3, -0.25) is 14.4 Å². The van der Waals surface area contributed by atoms with Gasteiger partial charge in [0.2, 0.25) is 15.9 Å². The number of nitrogens with zero attached hydrogens (tertiary/aromatic N) is 1. The van der Waals surface area contributed by atoms with Crippen LogP contribution < -0.4 is 14.9 Å². The van der Waals surface area contributed by atoms with Crippen LogP contribution in [-0.4, -0.2) is 37.4 Å². The van der Waals surface area contributed by atoms with Gasteiger partial charge in [-0.25, -0.2) is 18.0 Å².